The molecule has 56 heavy (non-hydrogen) atoms. The van der Waals surface area contributed by atoms with E-state index in [9.17, 15) is 0 Å². The minimum atomic E-state index is 0. The molecular weight excluding hydrogens is 873 g/mol. The third-order valence-corrected chi connectivity index (χ3v) is 10.0. The first-order chi connectivity index (χ1) is 26.8. The molecule has 0 atom stereocenters. The standard InChI is InChI=1S/C26H30N4.C19H18N6.Ir/c1-21-23(3)29(25-13-7-5-8-14-25)19-27(21)17-11-12-18-28-20-30(24(4)22(28)2)26-15-9-6-10-16-26;1-23-19(15-25(22-23)13-17-10-6-3-7-11-17)18-14-24(21-20-18)12-16-8-4-2-5-9-16;/h5-10,13,15,19-20H,11-12,17-18H2,1-4H3;2-11,14H,12-13H2,1H3;/q-4;;. The molecule has 1 radical (unpaired) electrons. The number of rotatable bonds is 12. The van der Waals surface area contributed by atoms with Gasteiger partial charge in [0, 0.05) is 43.4 Å². The van der Waals surface area contributed by atoms with E-state index < -0.39 is 0 Å². The van der Waals surface area contributed by atoms with Gasteiger partial charge in [-0.05, 0) is 82.3 Å². The van der Waals surface area contributed by atoms with Gasteiger partial charge in [-0.3, -0.25) is 4.68 Å². The summed E-state index contributed by atoms with van der Waals surface area (Å²) in [6, 6.07) is 43.3. The summed E-state index contributed by atoms with van der Waals surface area (Å²) in [5.41, 5.74) is 11.3. The summed E-state index contributed by atoms with van der Waals surface area (Å²) < 4.78 is 5.40. The number of allylic oxidation sites excluding steroid dienone is 4. The van der Waals surface area contributed by atoms with Gasteiger partial charge < -0.3 is 19.6 Å². The topological polar surface area (TPSA) is 65.4 Å². The van der Waals surface area contributed by atoms with E-state index in [4.69, 9.17) is 0 Å². The molecule has 0 amide bonds. The van der Waals surface area contributed by atoms with E-state index >= 15 is 0 Å². The molecular formula is C45H48IrN10-4. The first-order valence-electron chi connectivity index (χ1n) is 18.8. The Morgan fingerprint density at radius 2 is 1.16 bits per heavy atom. The van der Waals surface area contributed by atoms with Crippen molar-refractivity contribution in [2.45, 2.75) is 53.6 Å². The smallest absolute Gasteiger partial charge is 0.118 e. The summed E-state index contributed by atoms with van der Waals surface area (Å²) in [6.07, 6.45) is 7.48. The molecule has 2 aromatic heterocycles. The van der Waals surface area contributed by atoms with Gasteiger partial charge in [0.25, 0.3) is 0 Å². The Kier molecular flexibility index (Phi) is 13.5. The van der Waals surface area contributed by atoms with Crippen molar-refractivity contribution in [2.24, 2.45) is 7.05 Å². The molecule has 0 spiro atoms. The molecule has 0 saturated carbocycles. The number of benzene rings is 4. The van der Waals surface area contributed by atoms with Gasteiger partial charge in [0.05, 0.1) is 24.5 Å². The molecule has 0 saturated heterocycles. The minimum Gasteiger partial charge on any atom is -0.505 e. The van der Waals surface area contributed by atoms with Crippen LogP contribution >= 0.6 is 0 Å². The van der Waals surface area contributed by atoms with Gasteiger partial charge in [0.2, 0.25) is 0 Å². The van der Waals surface area contributed by atoms with E-state index in [1.165, 1.54) is 33.9 Å². The number of hydrogen-bond acceptors (Lipinski definition) is 7. The molecule has 6 aromatic rings. The van der Waals surface area contributed by atoms with Crippen molar-refractivity contribution >= 4 is 11.4 Å². The van der Waals surface area contributed by atoms with Crippen LogP contribution in [0.4, 0.5) is 11.4 Å². The van der Waals surface area contributed by atoms with E-state index in [2.05, 4.69) is 143 Å². The molecule has 8 rings (SSSR count). The fraction of sp³-hybridized carbons (Fsp3) is 0.244. The number of anilines is 2. The number of nitrogens with zero attached hydrogens (tertiary/aromatic N) is 10. The van der Waals surface area contributed by atoms with Crippen LogP contribution in [0.5, 0.6) is 0 Å². The quantitative estimate of drug-likeness (QED) is 0.0712. The maximum Gasteiger partial charge on any atom is 0.118 e. The van der Waals surface area contributed by atoms with Crippen LogP contribution < -0.4 is 14.5 Å². The van der Waals surface area contributed by atoms with Crippen molar-refractivity contribution in [1.82, 2.24) is 34.7 Å². The predicted molar refractivity (Wildman–Crippen MR) is 216 cm³/mol. The van der Waals surface area contributed by atoms with E-state index in [0.29, 0.717) is 13.1 Å². The number of hydrogen-bond donors (Lipinski definition) is 0. The average molecular weight is 921 g/mol. The summed E-state index contributed by atoms with van der Waals surface area (Å²) in [4.78, 5) is 9.19. The summed E-state index contributed by atoms with van der Waals surface area (Å²) in [5.74, 6) is 0. The Hall–Kier alpha value is -5.51. The van der Waals surface area contributed by atoms with Crippen molar-refractivity contribution in [1.29, 1.82) is 0 Å². The number of aromatic nitrogens is 6. The van der Waals surface area contributed by atoms with Gasteiger partial charge in [-0.1, -0.05) is 65.9 Å². The molecule has 10 nitrogen and oxygen atoms in total. The molecule has 2 aliphatic rings. The molecule has 2 aliphatic heterocycles. The first kappa shape index (κ1) is 40.2. The number of para-hydroxylation sites is 2. The second-order valence-electron chi connectivity index (χ2n) is 13.8. The molecule has 4 aromatic carbocycles. The van der Waals surface area contributed by atoms with Crippen LogP contribution in [-0.2, 0) is 40.2 Å². The monoisotopic (exact) mass is 921 g/mol. The third-order valence-electron chi connectivity index (χ3n) is 10.0. The summed E-state index contributed by atoms with van der Waals surface area (Å²) in [5, 5.41) is 13.0. The molecule has 0 aliphatic carbocycles. The summed E-state index contributed by atoms with van der Waals surface area (Å²) >= 11 is 0. The second-order valence-corrected chi connectivity index (χ2v) is 13.8. The number of unbranched alkanes of at least 4 members (excludes halogenated alkanes) is 1. The minimum absolute atomic E-state index is 0. The van der Waals surface area contributed by atoms with Crippen LogP contribution in [0.2, 0.25) is 0 Å². The van der Waals surface area contributed by atoms with Crippen LogP contribution in [-0.4, -0.2) is 47.8 Å². The maximum atomic E-state index is 4.48. The molecule has 4 heterocycles. The van der Waals surface area contributed by atoms with Crippen molar-refractivity contribution in [3.63, 3.8) is 0 Å². The Balaban J connectivity index is 0.000000189. The van der Waals surface area contributed by atoms with Crippen molar-refractivity contribution in [2.75, 3.05) is 22.9 Å². The van der Waals surface area contributed by atoms with E-state index in [1.807, 2.05) is 78.6 Å². The largest absolute Gasteiger partial charge is 0.505 e. The molecule has 11 heteroatoms. The van der Waals surface area contributed by atoms with Gasteiger partial charge in [0.15, 0.2) is 0 Å². The predicted octanol–water partition coefficient (Wildman–Crippen LogP) is 7.61. The summed E-state index contributed by atoms with van der Waals surface area (Å²) in [6.45, 7) is 16.6. The molecule has 0 N–H and O–H groups in total. The Bertz CT molecular complexity index is 2120. The molecule has 0 bridgehead atoms. The van der Waals surface area contributed by atoms with E-state index in [1.54, 1.807) is 9.36 Å². The van der Waals surface area contributed by atoms with Crippen molar-refractivity contribution in [3.8, 4) is 11.4 Å². The van der Waals surface area contributed by atoms with Gasteiger partial charge in [0.1, 0.15) is 6.54 Å². The maximum absolute atomic E-state index is 4.48. The fourth-order valence-corrected chi connectivity index (χ4v) is 6.69. The molecule has 0 unspecified atom stereocenters. The van der Waals surface area contributed by atoms with Gasteiger partial charge in [-0.2, -0.15) is 78.7 Å². The SMILES string of the molecule is CC1=C(C)N(c2[c-]cccc2)[CH-]N1CCCCN1[CH-]N(c2[c-]cccc2)C(C)=C1C.Cn1n[n+](Cc2ccccc2)[c-]c1-c1cn(Cc2ccccc2)nn1.[Ir]. The Morgan fingerprint density at radius 3 is 1.68 bits per heavy atom. The molecule has 291 valence electrons. The first-order valence-corrected chi connectivity index (χ1v) is 18.8. The van der Waals surface area contributed by atoms with Crippen LogP contribution in [0, 0.1) is 31.7 Å². The Labute approximate surface area is 345 Å². The van der Waals surface area contributed by atoms with E-state index in [0.717, 1.165) is 48.7 Å². The van der Waals surface area contributed by atoms with Crippen LogP contribution in [0.1, 0.15) is 51.7 Å². The van der Waals surface area contributed by atoms with Crippen LogP contribution in [0.15, 0.2) is 138 Å². The van der Waals surface area contributed by atoms with Crippen LogP contribution in [0.3, 0.4) is 0 Å². The Morgan fingerprint density at radius 1 is 0.643 bits per heavy atom. The van der Waals surface area contributed by atoms with Gasteiger partial charge >= 0.3 is 0 Å². The zero-order chi connectivity index (χ0) is 38.1. The van der Waals surface area contributed by atoms with E-state index in [-0.39, 0.29) is 20.1 Å². The van der Waals surface area contributed by atoms with Crippen molar-refractivity contribution in [3.05, 3.63) is 181 Å². The van der Waals surface area contributed by atoms with Gasteiger partial charge in [-0.25, -0.2) is 9.78 Å². The zero-order valence-electron chi connectivity index (χ0n) is 32.7. The number of aryl methyl sites for hydroxylation is 1. The fourth-order valence-electron chi connectivity index (χ4n) is 6.69. The normalized spacial score (nSPS) is 14.0. The average Bonchev–Trinajstić information content (AvgIpc) is 3.97. The van der Waals surface area contributed by atoms with Crippen LogP contribution in [0.25, 0.3) is 11.4 Å². The second kappa shape index (κ2) is 18.9. The summed E-state index contributed by atoms with van der Waals surface area (Å²) in [7, 11) is 1.89. The molecule has 0 fully saturated rings. The van der Waals surface area contributed by atoms with Crippen molar-refractivity contribution < 1.29 is 24.8 Å². The zero-order valence-corrected chi connectivity index (χ0v) is 35.1. The third kappa shape index (κ3) is 9.64. The van der Waals surface area contributed by atoms with Gasteiger partial charge in [-0.15, -0.1) is 11.4 Å².